The molecule has 0 saturated heterocycles. The zero-order chi connectivity index (χ0) is 14.2. The number of rotatable bonds is 2. The standard InChI is InChI=1S/C15H18N4O2/c16-8-10-1-4-14-17-18-15(19(14)9-10)11-2-3-12-13(7-11)21-6-5-20-12/h2-3,7,10H,1,4-6,8-9,16H2. The average molecular weight is 286 g/mol. The van der Waals surface area contributed by atoms with Crippen LogP contribution >= 0.6 is 0 Å². The Balaban J connectivity index is 1.72. The molecule has 6 heteroatoms. The van der Waals surface area contributed by atoms with E-state index in [2.05, 4.69) is 14.8 Å². The van der Waals surface area contributed by atoms with Crippen molar-refractivity contribution in [2.24, 2.45) is 11.7 Å². The molecule has 0 bridgehead atoms. The molecule has 3 heterocycles. The molecule has 0 spiro atoms. The normalized spacial score (nSPS) is 20.1. The van der Waals surface area contributed by atoms with Crippen molar-refractivity contribution in [3.63, 3.8) is 0 Å². The molecule has 0 fully saturated rings. The van der Waals surface area contributed by atoms with E-state index in [-0.39, 0.29) is 0 Å². The average Bonchev–Trinajstić information content (AvgIpc) is 2.97. The van der Waals surface area contributed by atoms with Gasteiger partial charge < -0.3 is 19.8 Å². The molecule has 1 unspecified atom stereocenters. The van der Waals surface area contributed by atoms with Crippen molar-refractivity contribution in [2.45, 2.75) is 19.4 Å². The van der Waals surface area contributed by atoms with Gasteiger partial charge in [0, 0.05) is 18.5 Å². The summed E-state index contributed by atoms with van der Waals surface area (Å²) >= 11 is 0. The monoisotopic (exact) mass is 286 g/mol. The highest BCUT2D eigenvalue weighted by Gasteiger charge is 2.23. The summed E-state index contributed by atoms with van der Waals surface area (Å²) in [5, 5.41) is 8.68. The van der Waals surface area contributed by atoms with Crippen molar-refractivity contribution >= 4 is 0 Å². The van der Waals surface area contributed by atoms with E-state index in [0.29, 0.717) is 25.7 Å². The first-order valence-corrected chi connectivity index (χ1v) is 7.37. The van der Waals surface area contributed by atoms with Crippen LogP contribution in [0, 0.1) is 5.92 Å². The van der Waals surface area contributed by atoms with Gasteiger partial charge in [-0.25, -0.2) is 0 Å². The summed E-state index contributed by atoms with van der Waals surface area (Å²) in [6.07, 6.45) is 2.04. The fourth-order valence-electron chi connectivity index (χ4n) is 2.98. The lowest BCUT2D eigenvalue weighted by Gasteiger charge is -2.23. The fourth-order valence-corrected chi connectivity index (χ4v) is 2.98. The fraction of sp³-hybridized carbons (Fsp3) is 0.467. The lowest BCUT2D eigenvalue weighted by Crippen LogP contribution is -2.26. The molecule has 6 nitrogen and oxygen atoms in total. The van der Waals surface area contributed by atoms with Crippen LogP contribution in [0.2, 0.25) is 0 Å². The van der Waals surface area contributed by atoms with E-state index in [1.165, 1.54) is 0 Å². The van der Waals surface area contributed by atoms with E-state index in [1.807, 2.05) is 18.2 Å². The summed E-state index contributed by atoms with van der Waals surface area (Å²) < 4.78 is 13.4. The van der Waals surface area contributed by atoms with E-state index < -0.39 is 0 Å². The van der Waals surface area contributed by atoms with Crippen molar-refractivity contribution in [2.75, 3.05) is 19.8 Å². The number of nitrogens with zero attached hydrogens (tertiary/aromatic N) is 3. The minimum Gasteiger partial charge on any atom is -0.486 e. The molecule has 0 amide bonds. The van der Waals surface area contributed by atoms with Crippen LogP contribution in [-0.2, 0) is 13.0 Å². The van der Waals surface area contributed by atoms with Crippen LogP contribution in [0.5, 0.6) is 11.5 Å². The van der Waals surface area contributed by atoms with Crippen LogP contribution in [0.3, 0.4) is 0 Å². The van der Waals surface area contributed by atoms with E-state index >= 15 is 0 Å². The molecule has 1 aromatic carbocycles. The summed E-state index contributed by atoms with van der Waals surface area (Å²) in [7, 11) is 0. The minimum atomic E-state index is 0.504. The predicted molar refractivity (Wildman–Crippen MR) is 77.3 cm³/mol. The first-order chi connectivity index (χ1) is 10.3. The third-order valence-corrected chi connectivity index (χ3v) is 4.18. The van der Waals surface area contributed by atoms with Gasteiger partial charge in [0.1, 0.15) is 19.0 Å². The summed E-state index contributed by atoms with van der Waals surface area (Å²) in [6, 6.07) is 5.93. The van der Waals surface area contributed by atoms with Crippen LogP contribution in [0.1, 0.15) is 12.2 Å². The van der Waals surface area contributed by atoms with Crippen LogP contribution in [0.4, 0.5) is 0 Å². The van der Waals surface area contributed by atoms with Gasteiger partial charge in [-0.05, 0) is 37.1 Å². The quantitative estimate of drug-likeness (QED) is 0.899. The molecule has 1 aromatic heterocycles. The maximum absolute atomic E-state index is 5.82. The second kappa shape index (κ2) is 5.04. The predicted octanol–water partition coefficient (Wildman–Crippen LogP) is 1.24. The third kappa shape index (κ3) is 2.15. The Morgan fingerprint density at radius 2 is 2.05 bits per heavy atom. The second-order valence-corrected chi connectivity index (χ2v) is 5.55. The maximum Gasteiger partial charge on any atom is 0.164 e. The summed E-state index contributed by atoms with van der Waals surface area (Å²) in [4.78, 5) is 0. The number of aryl methyl sites for hydroxylation is 1. The van der Waals surface area contributed by atoms with Gasteiger partial charge in [0.05, 0.1) is 0 Å². The van der Waals surface area contributed by atoms with Crippen LogP contribution in [0.25, 0.3) is 11.4 Å². The van der Waals surface area contributed by atoms with Crippen molar-refractivity contribution in [3.05, 3.63) is 24.0 Å². The molecular formula is C15H18N4O2. The summed E-state index contributed by atoms with van der Waals surface area (Å²) in [5.74, 6) is 4.01. The molecule has 2 N–H and O–H groups in total. The molecule has 1 atom stereocenters. The van der Waals surface area contributed by atoms with E-state index in [0.717, 1.165) is 48.1 Å². The second-order valence-electron chi connectivity index (χ2n) is 5.55. The number of aromatic nitrogens is 3. The molecule has 21 heavy (non-hydrogen) atoms. The van der Waals surface area contributed by atoms with Crippen LogP contribution in [-0.4, -0.2) is 34.5 Å². The number of hydrogen-bond donors (Lipinski definition) is 1. The zero-order valence-electron chi connectivity index (χ0n) is 11.8. The van der Waals surface area contributed by atoms with Gasteiger partial charge in [0.15, 0.2) is 17.3 Å². The lowest BCUT2D eigenvalue weighted by atomic mass is 9.99. The van der Waals surface area contributed by atoms with E-state index in [9.17, 15) is 0 Å². The highest BCUT2D eigenvalue weighted by molar-refractivity contribution is 5.61. The Kier molecular flexibility index (Phi) is 3.03. The highest BCUT2D eigenvalue weighted by Crippen LogP contribution is 2.35. The van der Waals surface area contributed by atoms with Crippen LogP contribution in [0.15, 0.2) is 18.2 Å². The lowest BCUT2D eigenvalue weighted by molar-refractivity contribution is 0.171. The van der Waals surface area contributed by atoms with Gasteiger partial charge >= 0.3 is 0 Å². The molecule has 110 valence electrons. The number of hydrogen-bond acceptors (Lipinski definition) is 5. The SMILES string of the molecule is NCC1CCc2nnc(-c3ccc4c(c3)OCCO4)n2C1. The van der Waals surface area contributed by atoms with Crippen molar-refractivity contribution in [1.82, 2.24) is 14.8 Å². The Morgan fingerprint density at radius 3 is 2.90 bits per heavy atom. The molecule has 2 aliphatic heterocycles. The largest absolute Gasteiger partial charge is 0.486 e. The van der Waals surface area contributed by atoms with Gasteiger partial charge in [-0.3, -0.25) is 0 Å². The Bertz CT molecular complexity index is 668. The van der Waals surface area contributed by atoms with Gasteiger partial charge in [0.2, 0.25) is 0 Å². The van der Waals surface area contributed by atoms with E-state index in [1.54, 1.807) is 0 Å². The Labute approximate surface area is 122 Å². The number of fused-ring (bicyclic) bond motifs is 2. The molecule has 0 saturated carbocycles. The van der Waals surface area contributed by atoms with Crippen molar-refractivity contribution in [1.29, 1.82) is 0 Å². The van der Waals surface area contributed by atoms with Crippen molar-refractivity contribution in [3.8, 4) is 22.9 Å². The number of nitrogens with two attached hydrogens (primary N) is 1. The summed E-state index contributed by atoms with van der Waals surface area (Å²) in [5.41, 5.74) is 6.83. The molecular weight excluding hydrogens is 268 g/mol. The molecule has 0 radical (unpaired) electrons. The number of benzene rings is 1. The van der Waals surface area contributed by atoms with Gasteiger partial charge in [-0.1, -0.05) is 0 Å². The molecule has 2 aromatic rings. The smallest absolute Gasteiger partial charge is 0.164 e. The van der Waals surface area contributed by atoms with Gasteiger partial charge in [-0.15, -0.1) is 10.2 Å². The Morgan fingerprint density at radius 1 is 1.19 bits per heavy atom. The van der Waals surface area contributed by atoms with E-state index in [4.69, 9.17) is 15.2 Å². The van der Waals surface area contributed by atoms with Gasteiger partial charge in [0.25, 0.3) is 0 Å². The van der Waals surface area contributed by atoms with Gasteiger partial charge in [-0.2, -0.15) is 0 Å². The molecule has 4 rings (SSSR count). The molecule has 2 aliphatic rings. The number of ether oxygens (including phenoxy) is 2. The van der Waals surface area contributed by atoms with Crippen LogP contribution < -0.4 is 15.2 Å². The third-order valence-electron chi connectivity index (χ3n) is 4.18. The van der Waals surface area contributed by atoms with Crippen molar-refractivity contribution < 1.29 is 9.47 Å². The maximum atomic E-state index is 5.82. The minimum absolute atomic E-state index is 0.504. The highest BCUT2D eigenvalue weighted by atomic mass is 16.6. The first kappa shape index (κ1) is 12.6. The Hall–Kier alpha value is -2.08. The first-order valence-electron chi connectivity index (χ1n) is 7.37. The topological polar surface area (TPSA) is 75.2 Å². The zero-order valence-corrected chi connectivity index (χ0v) is 11.8. The molecule has 0 aliphatic carbocycles. The summed E-state index contributed by atoms with van der Waals surface area (Å²) in [6.45, 7) is 2.79.